The summed E-state index contributed by atoms with van der Waals surface area (Å²) in [6.07, 6.45) is -9.03. The Morgan fingerprint density at radius 2 is 1.57 bits per heavy atom. The lowest BCUT2D eigenvalue weighted by Gasteiger charge is -2.48. The van der Waals surface area contributed by atoms with Gasteiger partial charge in [-0.3, -0.25) is 5.73 Å². The topological polar surface area (TPSA) is 55.5 Å². The lowest BCUT2D eigenvalue weighted by Crippen LogP contribution is -2.72. The Morgan fingerprint density at radius 1 is 0.943 bits per heavy atom. The SMILES string of the molecule is CCc1cc(Oc2cccc(C(CC3CCCCC3)(C(F)(F)F)C(N)(O)C(F)(F)F)c2)ccc1Cl. The number of hydrogen-bond donors (Lipinski definition) is 2. The van der Waals surface area contributed by atoms with Gasteiger partial charge in [-0.15, -0.1) is 0 Å². The highest BCUT2D eigenvalue weighted by Gasteiger charge is 2.75. The number of ether oxygens (including phenoxy) is 1. The molecule has 194 valence electrons. The van der Waals surface area contributed by atoms with E-state index in [1.165, 1.54) is 12.1 Å². The molecule has 2 aromatic rings. The number of nitrogens with two attached hydrogens (primary N) is 1. The number of halogens is 7. The highest BCUT2D eigenvalue weighted by atomic mass is 35.5. The second kappa shape index (κ2) is 10.2. The van der Waals surface area contributed by atoms with Crippen molar-refractivity contribution < 1.29 is 36.2 Å². The number of aliphatic hydroxyl groups is 1. The molecule has 0 saturated heterocycles. The molecule has 0 amide bonds. The predicted octanol–water partition coefficient (Wildman–Crippen LogP) is 7.67. The maximum absolute atomic E-state index is 14.7. The largest absolute Gasteiger partial charge is 0.457 e. The van der Waals surface area contributed by atoms with Crippen LogP contribution in [0, 0.1) is 5.92 Å². The molecule has 0 aromatic heterocycles. The second-order valence-electron chi connectivity index (χ2n) is 9.11. The normalized spacial score (nSPS) is 19.1. The summed E-state index contributed by atoms with van der Waals surface area (Å²) in [5.74, 6) is -0.551. The Kier molecular flexibility index (Phi) is 8.04. The lowest BCUT2D eigenvalue weighted by atomic mass is 9.63. The molecule has 10 heteroatoms. The Balaban J connectivity index is 2.14. The Hall–Kier alpha value is -1.97. The van der Waals surface area contributed by atoms with Crippen LogP contribution in [0.15, 0.2) is 42.5 Å². The summed E-state index contributed by atoms with van der Waals surface area (Å²) in [4.78, 5) is 0. The highest BCUT2D eigenvalue weighted by Crippen LogP contribution is 2.56. The van der Waals surface area contributed by atoms with Crippen LogP contribution in [0.2, 0.25) is 5.02 Å². The van der Waals surface area contributed by atoms with E-state index in [0.717, 1.165) is 30.2 Å². The summed E-state index contributed by atoms with van der Waals surface area (Å²) in [5, 5.41) is 10.9. The average Bonchev–Trinajstić information content (AvgIpc) is 2.78. The van der Waals surface area contributed by atoms with Gasteiger partial charge in [0.1, 0.15) is 16.9 Å². The number of aryl methyl sites for hydroxylation is 1. The molecule has 2 aromatic carbocycles. The molecule has 0 aliphatic heterocycles. The Bertz CT molecular complexity index is 1020. The first-order chi connectivity index (χ1) is 16.2. The molecular formula is C25H28ClF6NO2. The Labute approximate surface area is 205 Å². The number of hydrogen-bond acceptors (Lipinski definition) is 3. The zero-order valence-electron chi connectivity index (χ0n) is 19.1. The molecule has 35 heavy (non-hydrogen) atoms. The average molecular weight is 524 g/mol. The first-order valence-electron chi connectivity index (χ1n) is 11.4. The zero-order valence-corrected chi connectivity index (χ0v) is 19.9. The zero-order chi connectivity index (χ0) is 26.1. The van der Waals surface area contributed by atoms with Gasteiger partial charge >= 0.3 is 12.4 Å². The van der Waals surface area contributed by atoms with Crippen molar-refractivity contribution in [2.45, 2.75) is 75.4 Å². The molecule has 2 atom stereocenters. The third kappa shape index (κ3) is 5.42. The van der Waals surface area contributed by atoms with E-state index in [1.54, 1.807) is 12.1 Å². The van der Waals surface area contributed by atoms with Gasteiger partial charge in [0.25, 0.3) is 0 Å². The van der Waals surface area contributed by atoms with E-state index in [4.69, 9.17) is 22.1 Å². The summed E-state index contributed by atoms with van der Waals surface area (Å²) in [5.41, 5.74) is -3.22. The number of rotatable bonds is 7. The monoisotopic (exact) mass is 523 g/mol. The molecule has 0 spiro atoms. The third-order valence-corrected chi connectivity index (χ3v) is 7.22. The van der Waals surface area contributed by atoms with Crippen LogP contribution in [0.3, 0.4) is 0 Å². The molecule has 3 nitrogen and oxygen atoms in total. The molecule has 1 aliphatic carbocycles. The smallest absolute Gasteiger partial charge is 0.432 e. The summed E-state index contributed by atoms with van der Waals surface area (Å²) in [6.45, 7) is 1.85. The highest BCUT2D eigenvalue weighted by molar-refractivity contribution is 6.31. The lowest BCUT2D eigenvalue weighted by molar-refractivity contribution is -0.340. The van der Waals surface area contributed by atoms with Crippen LogP contribution in [0.5, 0.6) is 11.5 Å². The minimum Gasteiger partial charge on any atom is -0.457 e. The third-order valence-electron chi connectivity index (χ3n) is 6.85. The van der Waals surface area contributed by atoms with Crippen molar-refractivity contribution in [1.29, 1.82) is 0 Å². The van der Waals surface area contributed by atoms with E-state index in [1.807, 2.05) is 6.92 Å². The maximum atomic E-state index is 14.7. The van der Waals surface area contributed by atoms with E-state index in [2.05, 4.69) is 0 Å². The van der Waals surface area contributed by atoms with Crippen molar-refractivity contribution in [3.05, 3.63) is 58.6 Å². The predicted molar refractivity (Wildman–Crippen MR) is 121 cm³/mol. The number of alkyl halides is 6. The van der Waals surface area contributed by atoms with Crippen molar-refractivity contribution in [3.8, 4) is 11.5 Å². The molecule has 1 saturated carbocycles. The minimum absolute atomic E-state index is 0.123. The molecule has 1 fully saturated rings. The van der Waals surface area contributed by atoms with E-state index in [9.17, 15) is 31.4 Å². The molecule has 0 radical (unpaired) electrons. The van der Waals surface area contributed by atoms with Gasteiger partial charge < -0.3 is 9.84 Å². The minimum atomic E-state index is -5.75. The maximum Gasteiger partial charge on any atom is 0.432 e. The molecular weight excluding hydrogens is 496 g/mol. The van der Waals surface area contributed by atoms with E-state index < -0.39 is 41.4 Å². The van der Waals surface area contributed by atoms with Crippen LogP contribution >= 0.6 is 11.6 Å². The van der Waals surface area contributed by atoms with Crippen LogP contribution < -0.4 is 10.5 Å². The summed E-state index contributed by atoms with van der Waals surface area (Å²) in [6, 6.07) is 8.94. The molecule has 0 bridgehead atoms. The van der Waals surface area contributed by atoms with Gasteiger partial charge in [-0.05, 0) is 60.2 Å². The van der Waals surface area contributed by atoms with Crippen LogP contribution in [-0.4, -0.2) is 23.2 Å². The van der Waals surface area contributed by atoms with Gasteiger partial charge in [-0.25, -0.2) is 0 Å². The van der Waals surface area contributed by atoms with Crippen molar-refractivity contribution in [2.24, 2.45) is 11.7 Å². The molecule has 3 N–H and O–H groups in total. The first-order valence-corrected chi connectivity index (χ1v) is 11.8. The molecule has 1 aliphatic rings. The number of benzene rings is 2. The second-order valence-corrected chi connectivity index (χ2v) is 9.52. The van der Waals surface area contributed by atoms with E-state index >= 15 is 0 Å². The standard InChI is InChI=1S/C25H28ClF6NO2/c1-2-17-13-20(11-12-21(17)26)35-19-10-6-9-18(14-19)22(24(27,28)29,23(33,34)25(30,31)32)15-16-7-4-3-5-8-16/h6,9-14,16,34H,2-5,7-8,15,33H2,1H3. The van der Waals surface area contributed by atoms with Crippen molar-refractivity contribution >= 4 is 11.6 Å². The van der Waals surface area contributed by atoms with Gasteiger partial charge in [-0.1, -0.05) is 62.8 Å². The van der Waals surface area contributed by atoms with Gasteiger partial charge in [0.15, 0.2) is 0 Å². The Morgan fingerprint density at radius 3 is 2.14 bits per heavy atom. The quantitative estimate of drug-likeness (QED) is 0.289. The van der Waals surface area contributed by atoms with Gasteiger partial charge in [-0.2, -0.15) is 26.3 Å². The summed E-state index contributed by atoms with van der Waals surface area (Å²) < 4.78 is 91.8. The molecule has 0 heterocycles. The van der Waals surface area contributed by atoms with E-state index in [-0.39, 0.29) is 11.5 Å². The van der Waals surface area contributed by atoms with Crippen molar-refractivity contribution in [1.82, 2.24) is 0 Å². The first kappa shape index (κ1) is 27.6. The van der Waals surface area contributed by atoms with Gasteiger partial charge in [0.05, 0.1) is 0 Å². The summed E-state index contributed by atoms with van der Waals surface area (Å²) in [7, 11) is 0. The van der Waals surface area contributed by atoms with Crippen LogP contribution in [-0.2, 0) is 11.8 Å². The molecule has 3 rings (SSSR count). The fourth-order valence-corrected chi connectivity index (χ4v) is 5.15. The van der Waals surface area contributed by atoms with E-state index in [0.29, 0.717) is 37.1 Å². The van der Waals surface area contributed by atoms with Gasteiger partial charge in [0.2, 0.25) is 5.72 Å². The van der Waals surface area contributed by atoms with Crippen molar-refractivity contribution in [3.63, 3.8) is 0 Å². The van der Waals surface area contributed by atoms with Gasteiger partial charge in [0, 0.05) is 5.02 Å². The van der Waals surface area contributed by atoms with Crippen LogP contribution in [0.1, 0.15) is 56.6 Å². The summed E-state index contributed by atoms with van der Waals surface area (Å²) >= 11 is 6.09. The molecule has 2 unspecified atom stereocenters. The fourth-order valence-electron chi connectivity index (χ4n) is 4.90. The van der Waals surface area contributed by atoms with Crippen LogP contribution in [0.4, 0.5) is 26.3 Å². The van der Waals surface area contributed by atoms with Crippen molar-refractivity contribution in [2.75, 3.05) is 0 Å². The fraction of sp³-hybridized carbons (Fsp3) is 0.520. The van der Waals surface area contributed by atoms with Crippen LogP contribution in [0.25, 0.3) is 0 Å².